The van der Waals surface area contributed by atoms with Crippen LogP contribution in [0.15, 0.2) is 18.2 Å². The van der Waals surface area contributed by atoms with Gasteiger partial charge in [0.05, 0.1) is 0 Å². The zero-order valence-corrected chi connectivity index (χ0v) is 11.9. The van der Waals surface area contributed by atoms with Gasteiger partial charge in [-0.2, -0.15) is 0 Å². The van der Waals surface area contributed by atoms with Crippen LogP contribution in [0.5, 0.6) is 5.75 Å². The average molecular weight is 262 g/mol. The number of aryl methyl sites for hydroxylation is 2. The lowest BCUT2D eigenvalue weighted by Gasteiger charge is -2.30. The summed E-state index contributed by atoms with van der Waals surface area (Å²) in [5.74, 6) is 0.864. The Hall–Kier alpha value is -1.55. The zero-order valence-electron chi connectivity index (χ0n) is 11.9. The third kappa shape index (κ3) is 3.47. The molecule has 4 heteroatoms. The highest BCUT2D eigenvalue weighted by Gasteiger charge is 2.23. The van der Waals surface area contributed by atoms with Gasteiger partial charge >= 0.3 is 0 Å². The van der Waals surface area contributed by atoms with Gasteiger partial charge in [0.15, 0.2) is 6.10 Å². The first-order valence-corrected chi connectivity index (χ1v) is 6.81. The van der Waals surface area contributed by atoms with Gasteiger partial charge in [-0.05, 0) is 32.4 Å². The monoisotopic (exact) mass is 262 g/mol. The molecule has 1 amide bonds. The Bertz CT molecular complexity index is 453. The number of piperazine rings is 1. The maximum Gasteiger partial charge on any atom is 0.263 e. The lowest BCUT2D eigenvalue weighted by molar-refractivity contribution is -0.138. The van der Waals surface area contributed by atoms with E-state index in [2.05, 4.69) is 11.4 Å². The molecule has 1 atom stereocenters. The maximum atomic E-state index is 12.3. The zero-order chi connectivity index (χ0) is 13.8. The Balaban J connectivity index is 1.99. The summed E-state index contributed by atoms with van der Waals surface area (Å²) in [6, 6.07) is 6.01. The largest absolute Gasteiger partial charge is 0.481 e. The quantitative estimate of drug-likeness (QED) is 0.897. The van der Waals surface area contributed by atoms with Gasteiger partial charge in [0, 0.05) is 26.2 Å². The van der Waals surface area contributed by atoms with Crippen LogP contribution in [0.25, 0.3) is 0 Å². The van der Waals surface area contributed by atoms with Crippen LogP contribution in [0.2, 0.25) is 0 Å². The highest BCUT2D eigenvalue weighted by molar-refractivity contribution is 5.81. The van der Waals surface area contributed by atoms with E-state index in [9.17, 15) is 4.79 Å². The molecule has 1 saturated heterocycles. The molecule has 2 rings (SSSR count). The van der Waals surface area contributed by atoms with Crippen LogP contribution in [0.4, 0.5) is 0 Å². The molecule has 0 bridgehead atoms. The Morgan fingerprint density at radius 1 is 1.32 bits per heavy atom. The molecule has 1 aliphatic heterocycles. The molecule has 1 aromatic rings. The fourth-order valence-corrected chi connectivity index (χ4v) is 2.31. The van der Waals surface area contributed by atoms with E-state index in [-0.39, 0.29) is 5.91 Å². The van der Waals surface area contributed by atoms with Crippen LogP contribution >= 0.6 is 0 Å². The second-order valence-electron chi connectivity index (χ2n) is 5.10. The van der Waals surface area contributed by atoms with E-state index in [0.717, 1.165) is 37.5 Å². The SMILES string of the molecule is Cc1ccc(OC(C)C(=O)N2CCNCC2)c(C)c1. The van der Waals surface area contributed by atoms with Crippen LogP contribution in [-0.4, -0.2) is 43.1 Å². The van der Waals surface area contributed by atoms with Crippen molar-refractivity contribution < 1.29 is 9.53 Å². The van der Waals surface area contributed by atoms with Crippen molar-refractivity contribution in [2.45, 2.75) is 26.9 Å². The van der Waals surface area contributed by atoms with Gasteiger partial charge < -0.3 is 15.0 Å². The van der Waals surface area contributed by atoms with Gasteiger partial charge in [-0.3, -0.25) is 4.79 Å². The van der Waals surface area contributed by atoms with Gasteiger partial charge in [0.2, 0.25) is 0 Å². The molecular weight excluding hydrogens is 240 g/mol. The van der Waals surface area contributed by atoms with Crippen LogP contribution in [-0.2, 0) is 4.79 Å². The van der Waals surface area contributed by atoms with Crippen molar-refractivity contribution in [1.29, 1.82) is 0 Å². The first kappa shape index (κ1) is 13.9. The van der Waals surface area contributed by atoms with Crippen molar-refractivity contribution in [2.75, 3.05) is 26.2 Å². The molecule has 104 valence electrons. The summed E-state index contributed by atoms with van der Waals surface area (Å²) in [6.45, 7) is 9.13. The minimum Gasteiger partial charge on any atom is -0.481 e. The third-order valence-corrected chi connectivity index (χ3v) is 3.41. The van der Waals surface area contributed by atoms with E-state index in [0.29, 0.717) is 0 Å². The Morgan fingerprint density at radius 3 is 2.63 bits per heavy atom. The molecule has 4 nitrogen and oxygen atoms in total. The van der Waals surface area contributed by atoms with Crippen molar-refractivity contribution in [3.8, 4) is 5.75 Å². The molecular formula is C15H22N2O2. The number of ether oxygens (including phenoxy) is 1. The third-order valence-electron chi connectivity index (χ3n) is 3.41. The van der Waals surface area contributed by atoms with Gasteiger partial charge in [0.1, 0.15) is 5.75 Å². The summed E-state index contributed by atoms with van der Waals surface area (Å²) in [6.07, 6.45) is -0.431. The highest BCUT2D eigenvalue weighted by Crippen LogP contribution is 2.20. The van der Waals surface area contributed by atoms with Crippen molar-refractivity contribution >= 4 is 5.91 Å². The van der Waals surface area contributed by atoms with E-state index in [1.54, 1.807) is 0 Å². The second kappa shape index (κ2) is 6.06. The van der Waals surface area contributed by atoms with Crippen LogP contribution < -0.4 is 10.1 Å². The van der Waals surface area contributed by atoms with Gasteiger partial charge in [0.25, 0.3) is 5.91 Å². The number of amides is 1. The lowest BCUT2D eigenvalue weighted by atomic mass is 10.1. The van der Waals surface area contributed by atoms with Crippen LogP contribution in [0, 0.1) is 13.8 Å². The molecule has 1 fully saturated rings. The average Bonchev–Trinajstić information content (AvgIpc) is 2.42. The van der Waals surface area contributed by atoms with Crippen molar-refractivity contribution in [3.05, 3.63) is 29.3 Å². The summed E-state index contributed by atoms with van der Waals surface area (Å²) in [4.78, 5) is 14.1. The summed E-state index contributed by atoms with van der Waals surface area (Å²) in [5, 5.41) is 3.24. The molecule has 1 heterocycles. The molecule has 0 radical (unpaired) electrons. The van der Waals surface area contributed by atoms with Crippen molar-refractivity contribution in [2.24, 2.45) is 0 Å². The molecule has 1 unspecified atom stereocenters. The molecule has 1 N–H and O–H groups in total. The standard InChI is InChI=1S/C15H22N2O2/c1-11-4-5-14(12(2)10-11)19-13(3)15(18)17-8-6-16-7-9-17/h4-5,10,13,16H,6-9H2,1-3H3. The fourth-order valence-electron chi connectivity index (χ4n) is 2.31. The summed E-state index contributed by atoms with van der Waals surface area (Å²) >= 11 is 0. The number of rotatable bonds is 3. The smallest absolute Gasteiger partial charge is 0.263 e. The number of hydrogen-bond acceptors (Lipinski definition) is 3. The van der Waals surface area contributed by atoms with Crippen LogP contribution in [0.1, 0.15) is 18.1 Å². The number of nitrogens with zero attached hydrogens (tertiary/aromatic N) is 1. The van der Waals surface area contributed by atoms with Gasteiger partial charge in [-0.1, -0.05) is 17.7 Å². The summed E-state index contributed by atoms with van der Waals surface area (Å²) < 4.78 is 5.80. The van der Waals surface area contributed by atoms with E-state index in [1.807, 2.05) is 37.8 Å². The maximum absolute atomic E-state index is 12.3. The summed E-state index contributed by atoms with van der Waals surface area (Å²) in [7, 11) is 0. The van der Waals surface area contributed by atoms with E-state index in [4.69, 9.17) is 4.74 Å². The van der Waals surface area contributed by atoms with Gasteiger partial charge in [-0.15, -0.1) is 0 Å². The number of benzene rings is 1. The minimum absolute atomic E-state index is 0.0708. The minimum atomic E-state index is -0.431. The molecule has 0 saturated carbocycles. The molecule has 1 aromatic carbocycles. The van der Waals surface area contributed by atoms with Crippen molar-refractivity contribution in [1.82, 2.24) is 10.2 Å². The number of hydrogen-bond donors (Lipinski definition) is 1. The molecule has 0 aromatic heterocycles. The van der Waals surface area contributed by atoms with E-state index >= 15 is 0 Å². The Morgan fingerprint density at radius 2 is 2.00 bits per heavy atom. The highest BCUT2D eigenvalue weighted by atomic mass is 16.5. The first-order chi connectivity index (χ1) is 9.08. The number of carbonyl (C=O) groups excluding carboxylic acids is 1. The van der Waals surface area contributed by atoms with Gasteiger partial charge in [-0.25, -0.2) is 0 Å². The number of carbonyl (C=O) groups is 1. The van der Waals surface area contributed by atoms with E-state index in [1.165, 1.54) is 5.56 Å². The van der Waals surface area contributed by atoms with Crippen molar-refractivity contribution in [3.63, 3.8) is 0 Å². The first-order valence-electron chi connectivity index (χ1n) is 6.81. The summed E-state index contributed by atoms with van der Waals surface area (Å²) in [5.41, 5.74) is 2.27. The molecule has 1 aliphatic rings. The fraction of sp³-hybridized carbons (Fsp3) is 0.533. The Kier molecular flexibility index (Phi) is 4.43. The topological polar surface area (TPSA) is 41.6 Å². The van der Waals surface area contributed by atoms with E-state index < -0.39 is 6.10 Å². The normalized spacial score (nSPS) is 17.1. The van der Waals surface area contributed by atoms with Crippen LogP contribution in [0.3, 0.4) is 0 Å². The second-order valence-corrected chi connectivity index (χ2v) is 5.10. The predicted molar refractivity (Wildman–Crippen MR) is 75.5 cm³/mol. The number of nitrogens with one attached hydrogen (secondary N) is 1. The lowest BCUT2D eigenvalue weighted by Crippen LogP contribution is -2.50. The predicted octanol–water partition coefficient (Wildman–Crippen LogP) is 1.50. The molecule has 0 spiro atoms. The molecule has 0 aliphatic carbocycles. The Labute approximate surface area is 114 Å². The molecule has 19 heavy (non-hydrogen) atoms.